The molecule has 0 fully saturated rings. The minimum atomic E-state index is -0.361. The molecule has 0 saturated heterocycles. The fourth-order valence-electron chi connectivity index (χ4n) is 2.76. The SMILES string of the molecule is COc1ccc(-c2nnc(C)o2)cc1NC(=O)c1ccc2c(c1)OCC(=O)N2. The van der Waals surface area contributed by atoms with Gasteiger partial charge in [-0.2, -0.15) is 0 Å². The lowest BCUT2D eigenvalue weighted by Crippen LogP contribution is -2.25. The van der Waals surface area contributed by atoms with Crippen molar-refractivity contribution in [3.8, 4) is 23.0 Å². The van der Waals surface area contributed by atoms with Gasteiger partial charge in [0, 0.05) is 18.1 Å². The first-order valence-corrected chi connectivity index (χ1v) is 8.40. The second-order valence-corrected chi connectivity index (χ2v) is 6.04. The van der Waals surface area contributed by atoms with Gasteiger partial charge in [0.1, 0.15) is 11.5 Å². The summed E-state index contributed by atoms with van der Waals surface area (Å²) in [5.74, 6) is 1.11. The van der Waals surface area contributed by atoms with E-state index in [0.717, 1.165) is 0 Å². The molecule has 142 valence electrons. The first kappa shape index (κ1) is 17.5. The van der Waals surface area contributed by atoms with Gasteiger partial charge in [-0.15, -0.1) is 10.2 Å². The van der Waals surface area contributed by atoms with Crippen molar-refractivity contribution in [2.45, 2.75) is 6.92 Å². The molecule has 1 aliphatic heterocycles. The van der Waals surface area contributed by atoms with Gasteiger partial charge in [0.15, 0.2) is 6.61 Å². The van der Waals surface area contributed by atoms with E-state index in [0.29, 0.717) is 45.8 Å². The van der Waals surface area contributed by atoms with Gasteiger partial charge in [-0.05, 0) is 36.4 Å². The number of fused-ring (bicyclic) bond motifs is 1. The number of methoxy groups -OCH3 is 1. The maximum Gasteiger partial charge on any atom is 0.262 e. The van der Waals surface area contributed by atoms with Crippen LogP contribution in [0.5, 0.6) is 11.5 Å². The van der Waals surface area contributed by atoms with Gasteiger partial charge in [0.2, 0.25) is 11.8 Å². The summed E-state index contributed by atoms with van der Waals surface area (Å²) in [5.41, 5.74) is 2.00. The van der Waals surface area contributed by atoms with Crippen LogP contribution in [0.2, 0.25) is 0 Å². The Hall–Kier alpha value is -3.88. The van der Waals surface area contributed by atoms with Crippen LogP contribution in [0, 0.1) is 6.92 Å². The standard InChI is InChI=1S/C19H16N4O5/c1-10-22-23-19(28-10)12-4-6-15(26-2)14(7-12)21-18(25)11-3-5-13-16(8-11)27-9-17(24)20-13/h3-8H,9H2,1-2H3,(H,20,24)(H,21,25). The Bertz CT molecular complexity index is 1080. The molecule has 0 bridgehead atoms. The summed E-state index contributed by atoms with van der Waals surface area (Å²) in [5, 5.41) is 13.3. The molecule has 0 radical (unpaired) electrons. The van der Waals surface area contributed by atoms with Gasteiger partial charge in [-0.1, -0.05) is 0 Å². The predicted octanol–water partition coefficient (Wildman–Crippen LogP) is 2.64. The zero-order chi connectivity index (χ0) is 19.7. The van der Waals surface area contributed by atoms with Gasteiger partial charge in [-0.3, -0.25) is 9.59 Å². The highest BCUT2D eigenvalue weighted by atomic mass is 16.5. The van der Waals surface area contributed by atoms with Crippen molar-refractivity contribution in [1.29, 1.82) is 0 Å². The Balaban J connectivity index is 1.61. The highest BCUT2D eigenvalue weighted by Crippen LogP contribution is 2.32. The van der Waals surface area contributed by atoms with Gasteiger partial charge in [-0.25, -0.2) is 0 Å². The van der Waals surface area contributed by atoms with Crippen LogP contribution in [-0.4, -0.2) is 35.7 Å². The number of amides is 2. The van der Waals surface area contributed by atoms with Crippen molar-refractivity contribution in [2.75, 3.05) is 24.4 Å². The van der Waals surface area contributed by atoms with Gasteiger partial charge >= 0.3 is 0 Å². The van der Waals surface area contributed by atoms with Gasteiger partial charge in [0.25, 0.3) is 11.8 Å². The number of benzene rings is 2. The fraction of sp³-hybridized carbons (Fsp3) is 0.158. The lowest BCUT2D eigenvalue weighted by atomic mass is 10.1. The van der Waals surface area contributed by atoms with Crippen LogP contribution >= 0.6 is 0 Å². The number of nitrogens with zero attached hydrogens (tertiary/aromatic N) is 2. The van der Waals surface area contributed by atoms with Crippen LogP contribution in [-0.2, 0) is 4.79 Å². The monoisotopic (exact) mass is 380 g/mol. The minimum absolute atomic E-state index is 0.0858. The van der Waals surface area contributed by atoms with E-state index in [1.165, 1.54) is 7.11 Å². The molecular weight excluding hydrogens is 364 g/mol. The normalized spacial score (nSPS) is 12.6. The van der Waals surface area contributed by atoms with Crippen LogP contribution in [0.4, 0.5) is 11.4 Å². The molecule has 2 N–H and O–H groups in total. The molecule has 2 heterocycles. The number of anilines is 2. The maximum absolute atomic E-state index is 12.7. The third-order valence-electron chi connectivity index (χ3n) is 4.10. The summed E-state index contributed by atoms with van der Waals surface area (Å²) >= 11 is 0. The number of carbonyl (C=O) groups excluding carboxylic acids is 2. The molecule has 0 spiro atoms. The fourth-order valence-corrected chi connectivity index (χ4v) is 2.76. The summed E-state index contributed by atoms with van der Waals surface area (Å²) in [4.78, 5) is 24.1. The average molecular weight is 380 g/mol. The highest BCUT2D eigenvalue weighted by Gasteiger charge is 2.19. The van der Waals surface area contributed by atoms with Crippen LogP contribution in [0.3, 0.4) is 0 Å². The molecule has 2 amide bonds. The Morgan fingerprint density at radius 2 is 2.07 bits per heavy atom. The van der Waals surface area contributed by atoms with E-state index >= 15 is 0 Å². The lowest BCUT2D eigenvalue weighted by molar-refractivity contribution is -0.118. The lowest BCUT2D eigenvalue weighted by Gasteiger charge is -2.18. The molecule has 9 nitrogen and oxygen atoms in total. The van der Waals surface area contributed by atoms with E-state index in [4.69, 9.17) is 13.9 Å². The summed E-state index contributed by atoms with van der Waals surface area (Å²) in [6.45, 7) is 1.61. The molecule has 4 rings (SSSR count). The van der Waals surface area contributed by atoms with E-state index in [9.17, 15) is 9.59 Å². The predicted molar refractivity (Wildman–Crippen MR) is 99.5 cm³/mol. The molecule has 3 aromatic rings. The van der Waals surface area contributed by atoms with Crippen LogP contribution < -0.4 is 20.1 Å². The van der Waals surface area contributed by atoms with Crippen molar-refractivity contribution in [1.82, 2.24) is 10.2 Å². The van der Waals surface area contributed by atoms with Crippen LogP contribution in [0.25, 0.3) is 11.5 Å². The largest absolute Gasteiger partial charge is 0.495 e. The number of rotatable bonds is 4. The molecule has 0 saturated carbocycles. The molecule has 0 atom stereocenters. The summed E-state index contributed by atoms with van der Waals surface area (Å²) in [6, 6.07) is 9.95. The number of carbonyl (C=O) groups is 2. The van der Waals surface area contributed by atoms with Gasteiger partial charge in [0.05, 0.1) is 18.5 Å². The van der Waals surface area contributed by atoms with E-state index in [1.807, 2.05) is 0 Å². The number of nitrogens with one attached hydrogen (secondary N) is 2. The van der Waals surface area contributed by atoms with Crippen molar-refractivity contribution < 1.29 is 23.5 Å². The van der Waals surface area contributed by atoms with Crippen molar-refractivity contribution in [2.24, 2.45) is 0 Å². The summed E-state index contributed by atoms with van der Waals surface area (Å²) < 4.78 is 16.1. The number of aromatic nitrogens is 2. The topological polar surface area (TPSA) is 116 Å². The van der Waals surface area contributed by atoms with E-state index in [1.54, 1.807) is 43.3 Å². The van der Waals surface area contributed by atoms with Crippen molar-refractivity contribution in [3.63, 3.8) is 0 Å². The number of ether oxygens (including phenoxy) is 2. The highest BCUT2D eigenvalue weighted by molar-refractivity contribution is 6.06. The maximum atomic E-state index is 12.7. The molecular formula is C19H16N4O5. The number of hydrogen-bond acceptors (Lipinski definition) is 7. The average Bonchev–Trinajstić information content (AvgIpc) is 3.13. The van der Waals surface area contributed by atoms with E-state index in [2.05, 4.69) is 20.8 Å². The zero-order valence-electron chi connectivity index (χ0n) is 15.1. The van der Waals surface area contributed by atoms with Gasteiger partial charge < -0.3 is 24.5 Å². The number of aryl methyl sites for hydroxylation is 1. The molecule has 1 aromatic heterocycles. The zero-order valence-corrected chi connectivity index (χ0v) is 15.1. The Labute approximate surface area is 159 Å². The molecule has 2 aromatic carbocycles. The third-order valence-corrected chi connectivity index (χ3v) is 4.10. The first-order valence-electron chi connectivity index (χ1n) is 8.40. The van der Waals surface area contributed by atoms with Crippen LogP contribution in [0.1, 0.15) is 16.2 Å². The molecule has 1 aliphatic rings. The molecule has 0 unspecified atom stereocenters. The Kier molecular flexibility index (Phi) is 4.40. The van der Waals surface area contributed by atoms with Crippen molar-refractivity contribution in [3.05, 3.63) is 47.9 Å². The van der Waals surface area contributed by atoms with E-state index in [-0.39, 0.29) is 18.4 Å². The second-order valence-electron chi connectivity index (χ2n) is 6.04. The van der Waals surface area contributed by atoms with E-state index < -0.39 is 0 Å². The molecule has 28 heavy (non-hydrogen) atoms. The van der Waals surface area contributed by atoms with Crippen molar-refractivity contribution >= 4 is 23.2 Å². The molecule has 9 heteroatoms. The van der Waals surface area contributed by atoms with Crippen LogP contribution in [0.15, 0.2) is 40.8 Å². The smallest absolute Gasteiger partial charge is 0.262 e. The first-order chi connectivity index (χ1) is 13.5. The summed E-state index contributed by atoms with van der Waals surface area (Å²) in [6.07, 6.45) is 0. The molecule has 0 aliphatic carbocycles. The summed E-state index contributed by atoms with van der Waals surface area (Å²) in [7, 11) is 1.51. The second kappa shape index (κ2) is 7.03. The Morgan fingerprint density at radius 1 is 1.21 bits per heavy atom. The minimum Gasteiger partial charge on any atom is -0.495 e. The Morgan fingerprint density at radius 3 is 2.82 bits per heavy atom. The third kappa shape index (κ3) is 3.37. The number of hydrogen-bond donors (Lipinski definition) is 2. The quantitative estimate of drug-likeness (QED) is 0.715.